The average Bonchev–Trinajstić information content (AvgIpc) is 2.37. The fraction of sp³-hybridized carbons (Fsp3) is 0.462. The lowest BCUT2D eigenvalue weighted by molar-refractivity contribution is -0.130. The molecule has 1 heterocycles. The van der Waals surface area contributed by atoms with Crippen LogP contribution in [0.15, 0.2) is 24.3 Å². The number of likely N-dealkylation sites (N-methyl/N-ethyl adjacent to an activating group) is 1. The summed E-state index contributed by atoms with van der Waals surface area (Å²) in [5, 5.41) is -0.521. The number of fused-ring (bicyclic) bond motifs is 1. The highest BCUT2D eigenvalue weighted by Crippen LogP contribution is 2.30. The van der Waals surface area contributed by atoms with Gasteiger partial charge in [-0.05, 0) is 19.1 Å². The van der Waals surface area contributed by atoms with Crippen molar-refractivity contribution in [3.63, 3.8) is 0 Å². The molecule has 5 heteroatoms. The van der Waals surface area contributed by atoms with E-state index in [1.165, 1.54) is 0 Å². The molecule has 0 fully saturated rings. The van der Waals surface area contributed by atoms with Crippen LogP contribution in [0, 0.1) is 0 Å². The molecule has 0 radical (unpaired) electrons. The lowest BCUT2D eigenvalue weighted by Crippen LogP contribution is -2.43. The van der Waals surface area contributed by atoms with Gasteiger partial charge in [0.25, 0.3) is 0 Å². The van der Waals surface area contributed by atoms with Gasteiger partial charge in [-0.15, -0.1) is 11.6 Å². The third kappa shape index (κ3) is 2.88. The highest BCUT2D eigenvalue weighted by Gasteiger charge is 2.24. The van der Waals surface area contributed by atoms with Gasteiger partial charge in [-0.3, -0.25) is 4.79 Å². The Bertz CT molecular complexity index is 436. The number of hydrogen-bond donors (Lipinski definition) is 0. The van der Waals surface area contributed by atoms with E-state index in [-0.39, 0.29) is 12.0 Å². The zero-order valence-electron chi connectivity index (χ0n) is 10.4. The number of para-hydroxylation sites is 2. The first-order chi connectivity index (χ1) is 8.58. The highest BCUT2D eigenvalue weighted by atomic mass is 35.5. The van der Waals surface area contributed by atoms with Crippen LogP contribution in [-0.2, 0) is 4.79 Å². The second-order valence-corrected chi connectivity index (χ2v) is 4.99. The number of rotatable bonds is 3. The molecule has 98 valence electrons. The number of hydrogen-bond acceptors (Lipinski definition) is 3. The SMILES string of the molecule is CC(Cl)C(=O)N(C)CC1COc2ccccc2O1. The molecule has 0 spiro atoms. The van der Waals surface area contributed by atoms with Gasteiger partial charge in [0.1, 0.15) is 12.0 Å². The van der Waals surface area contributed by atoms with Gasteiger partial charge in [0.05, 0.1) is 6.54 Å². The van der Waals surface area contributed by atoms with Crippen LogP contribution in [0.5, 0.6) is 11.5 Å². The Morgan fingerprint density at radius 2 is 2.17 bits per heavy atom. The van der Waals surface area contributed by atoms with E-state index in [0.717, 1.165) is 5.75 Å². The Balaban J connectivity index is 1.96. The first-order valence-corrected chi connectivity index (χ1v) is 6.29. The minimum Gasteiger partial charge on any atom is -0.486 e. The van der Waals surface area contributed by atoms with Crippen LogP contribution in [0.2, 0.25) is 0 Å². The number of alkyl halides is 1. The summed E-state index contributed by atoms with van der Waals surface area (Å²) < 4.78 is 11.4. The number of carbonyl (C=O) groups excluding carboxylic acids is 1. The van der Waals surface area contributed by atoms with E-state index < -0.39 is 5.38 Å². The second-order valence-electron chi connectivity index (χ2n) is 4.33. The van der Waals surface area contributed by atoms with Crippen LogP contribution in [0.1, 0.15) is 6.92 Å². The molecule has 0 saturated carbocycles. The van der Waals surface area contributed by atoms with Gasteiger partial charge in [0, 0.05) is 7.05 Å². The lowest BCUT2D eigenvalue weighted by Gasteiger charge is -2.30. The predicted octanol–water partition coefficient (Wildman–Crippen LogP) is 1.91. The molecular weight excluding hydrogens is 254 g/mol. The fourth-order valence-corrected chi connectivity index (χ4v) is 2.02. The van der Waals surface area contributed by atoms with Crippen LogP contribution in [0.4, 0.5) is 0 Å². The largest absolute Gasteiger partial charge is 0.486 e. The summed E-state index contributed by atoms with van der Waals surface area (Å²) in [6.45, 7) is 2.56. The summed E-state index contributed by atoms with van der Waals surface area (Å²) in [6, 6.07) is 7.50. The van der Waals surface area contributed by atoms with Crippen molar-refractivity contribution in [3.05, 3.63) is 24.3 Å². The first kappa shape index (κ1) is 13.0. The van der Waals surface area contributed by atoms with Crippen molar-refractivity contribution in [2.45, 2.75) is 18.4 Å². The quantitative estimate of drug-likeness (QED) is 0.787. The molecule has 1 amide bonds. The minimum absolute atomic E-state index is 0.112. The molecule has 0 bridgehead atoms. The first-order valence-electron chi connectivity index (χ1n) is 5.85. The Morgan fingerprint density at radius 3 is 2.83 bits per heavy atom. The smallest absolute Gasteiger partial charge is 0.240 e. The van der Waals surface area contributed by atoms with Gasteiger partial charge in [0.2, 0.25) is 5.91 Å². The summed E-state index contributed by atoms with van der Waals surface area (Å²) in [7, 11) is 1.71. The van der Waals surface area contributed by atoms with Crippen LogP contribution in [-0.4, -0.2) is 42.5 Å². The number of benzene rings is 1. The van der Waals surface area contributed by atoms with Crippen molar-refractivity contribution >= 4 is 17.5 Å². The molecule has 4 nitrogen and oxygen atoms in total. The molecule has 0 N–H and O–H groups in total. The zero-order chi connectivity index (χ0) is 13.1. The molecule has 2 unspecified atom stereocenters. The van der Waals surface area contributed by atoms with Gasteiger partial charge in [0.15, 0.2) is 17.6 Å². The number of halogens is 1. The van der Waals surface area contributed by atoms with Crippen molar-refractivity contribution in [3.8, 4) is 11.5 Å². The van der Waals surface area contributed by atoms with Gasteiger partial charge in [-0.25, -0.2) is 0 Å². The third-order valence-electron chi connectivity index (χ3n) is 2.76. The maximum atomic E-state index is 11.7. The van der Waals surface area contributed by atoms with Crippen molar-refractivity contribution in [2.24, 2.45) is 0 Å². The molecule has 18 heavy (non-hydrogen) atoms. The van der Waals surface area contributed by atoms with Crippen LogP contribution < -0.4 is 9.47 Å². The van der Waals surface area contributed by atoms with E-state index in [0.29, 0.717) is 18.9 Å². The van der Waals surface area contributed by atoms with Crippen molar-refractivity contribution in [1.29, 1.82) is 0 Å². The van der Waals surface area contributed by atoms with E-state index >= 15 is 0 Å². The Hall–Kier alpha value is -1.42. The van der Waals surface area contributed by atoms with E-state index in [2.05, 4.69) is 0 Å². The highest BCUT2D eigenvalue weighted by molar-refractivity contribution is 6.30. The predicted molar refractivity (Wildman–Crippen MR) is 69.3 cm³/mol. The number of carbonyl (C=O) groups is 1. The standard InChI is InChI=1S/C13H16ClNO3/c1-9(14)13(16)15(2)7-10-8-17-11-5-3-4-6-12(11)18-10/h3-6,9-10H,7-8H2,1-2H3. The third-order valence-corrected chi connectivity index (χ3v) is 2.95. The summed E-state index contributed by atoms with van der Waals surface area (Å²) >= 11 is 5.76. The maximum absolute atomic E-state index is 11.7. The van der Waals surface area contributed by atoms with E-state index in [9.17, 15) is 4.79 Å². The van der Waals surface area contributed by atoms with Crippen molar-refractivity contribution in [2.75, 3.05) is 20.2 Å². The molecule has 1 aromatic carbocycles. The molecule has 2 atom stereocenters. The normalized spacial score (nSPS) is 19.2. The average molecular weight is 270 g/mol. The van der Waals surface area contributed by atoms with Crippen LogP contribution >= 0.6 is 11.6 Å². The summed E-state index contributed by atoms with van der Waals surface area (Å²) in [5.74, 6) is 1.35. The molecule has 1 aromatic rings. The van der Waals surface area contributed by atoms with Gasteiger partial charge in [-0.1, -0.05) is 12.1 Å². The zero-order valence-corrected chi connectivity index (χ0v) is 11.2. The second kappa shape index (κ2) is 5.48. The topological polar surface area (TPSA) is 38.8 Å². The lowest BCUT2D eigenvalue weighted by atomic mass is 10.2. The molecule has 0 aliphatic carbocycles. The Labute approximate surface area is 111 Å². The number of amides is 1. The molecule has 2 rings (SSSR count). The monoisotopic (exact) mass is 269 g/mol. The minimum atomic E-state index is -0.521. The van der Waals surface area contributed by atoms with Crippen molar-refractivity contribution < 1.29 is 14.3 Å². The molecule has 0 aromatic heterocycles. The summed E-state index contributed by atoms with van der Waals surface area (Å²) in [5.41, 5.74) is 0. The van der Waals surface area contributed by atoms with Gasteiger partial charge < -0.3 is 14.4 Å². The maximum Gasteiger partial charge on any atom is 0.240 e. The molecular formula is C13H16ClNO3. The molecule has 1 aliphatic heterocycles. The van der Waals surface area contributed by atoms with Crippen molar-refractivity contribution in [1.82, 2.24) is 4.90 Å². The molecule has 0 saturated heterocycles. The number of ether oxygens (including phenoxy) is 2. The van der Waals surface area contributed by atoms with Crippen LogP contribution in [0.25, 0.3) is 0 Å². The van der Waals surface area contributed by atoms with Gasteiger partial charge in [-0.2, -0.15) is 0 Å². The van der Waals surface area contributed by atoms with E-state index in [1.807, 2.05) is 24.3 Å². The fourth-order valence-electron chi connectivity index (χ4n) is 1.85. The van der Waals surface area contributed by atoms with E-state index in [4.69, 9.17) is 21.1 Å². The molecule has 1 aliphatic rings. The summed E-state index contributed by atoms with van der Waals surface area (Å²) in [4.78, 5) is 13.2. The Kier molecular flexibility index (Phi) is 3.97. The van der Waals surface area contributed by atoms with Crippen LogP contribution in [0.3, 0.4) is 0 Å². The number of nitrogens with zero attached hydrogens (tertiary/aromatic N) is 1. The van der Waals surface area contributed by atoms with E-state index in [1.54, 1.807) is 18.9 Å². The van der Waals surface area contributed by atoms with Gasteiger partial charge >= 0.3 is 0 Å². The Morgan fingerprint density at radius 1 is 1.50 bits per heavy atom. The summed E-state index contributed by atoms with van der Waals surface area (Å²) in [6.07, 6.45) is -0.163.